The number of carboxylic acids is 1. The Morgan fingerprint density at radius 2 is 1.78 bits per heavy atom. The van der Waals surface area contributed by atoms with E-state index in [-0.39, 0.29) is 16.7 Å². The van der Waals surface area contributed by atoms with Crippen molar-refractivity contribution in [3.05, 3.63) is 71.4 Å². The fourth-order valence-corrected chi connectivity index (χ4v) is 3.96. The average Bonchev–Trinajstić information content (AvgIpc) is 2.72. The molecule has 5 nitrogen and oxygen atoms in total. The maximum Gasteiger partial charge on any atom is 0.305 e. The first-order valence-corrected chi connectivity index (χ1v) is 10.1. The van der Waals surface area contributed by atoms with Gasteiger partial charge in [0.2, 0.25) is 0 Å². The molecule has 0 spiro atoms. The van der Waals surface area contributed by atoms with Crippen molar-refractivity contribution in [2.75, 3.05) is 0 Å². The lowest BCUT2D eigenvalue weighted by Crippen LogP contribution is -2.19. The second-order valence-corrected chi connectivity index (χ2v) is 7.98. The summed E-state index contributed by atoms with van der Waals surface area (Å²) in [6.45, 7) is 0. The fraction of sp³-hybridized carbons (Fsp3) is 0.182. The minimum absolute atomic E-state index is 0.0294. The third kappa shape index (κ3) is 5.64. The summed E-state index contributed by atoms with van der Waals surface area (Å²) in [7, 11) is 0. The second-order valence-electron chi connectivity index (χ2n) is 6.90. The van der Waals surface area contributed by atoms with Gasteiger partial charge < -0.3 is 15.3 Å². The van der Waals surface area contributed by atoms with E-state index in [0.717, 1.165) is 17.8 Å². The van der Waals surface area contributed by atoms with Crippen molar-refractivity contribution in [1.82, 2.24) is 4.98 Å². The number of carbonyl (C=O) groups is 1. The Morgan fingerprint density at radius 3 is 2.44 bits per heavy atom. The summed E-state index contributed by atoms with van der Waals surface area (Å²) in [5.41, 5.74) is -0.0906. The minimum Gasteiger partial charge on any atom is -0.481 e. The van der Waals surface area contributed by atoms with Crippen molar-refractivity contribution in [2.45, 2.75) is 34.8 Å². The number of nitrogens with zero attached hydrogens (tertiary/aromatic N) is 1. The largest absolute Gasteiger partial charge is 0.481 e. The first-order chi connectivity index (χ1) is 15.2. The molecule has 0 aliphatic rings. The van der Waals surface area contributed by atoms with Gasteiger partial charge in [-0.1, -0.05) is 23.9 Å². The zero-order valence-electron chi connectivity index (χ0n) is 16.3. The summed E-state index contributed by atoms with van der Waals surface area (Å²) < 4.78 is 55.1. The number of rotatable bonds is 8. The highest BCUT2D eigenvalue weighted by Crippen LogP contribution is 2.38. The standard InChI is InChI=1S/C22H17F4NO4S/c23-12-2-5-15(6-3-12)32-22-11(1-4-13(28)7-14(29)8-18(30)31)10-27-21-16(22)9-17(24)19(25)20(21)26/h1-6,9-10,13-14,28-29H,7-8H2,(H,30,31)/b4-1+/t13-,14-/m1/s1. The Balaban J connectivity index is 2.02. The molecule has 2 atom stereocenters. The number of aliphatic hydroxyl groups is 2. The third-order valence-corrected chi connectivity index (χ3v) is 5.60. The molecule has 0 saturated heterocycles. The molecule has 10 heteroatoms. The van der Waals surface area contributed by atoms with Crippen LogP contribution in [0.3, 0.4) is 0 Å². The molecule has 168 valence electrons. The first-order valence-electron chi connectivity index (χ1n) is 9.31. The molecule has 0 saturated carbocycles. The SMILES string of the molecule is O=C(O)C[C@H](O)C[C@H](O)/C=C/c1cnc2c(F)c(F)c(F)cc2c1Sc1ccc(F)cc1. The highest BCUT2D eigenvalue weighted by Gasteiger charge is 2.19. The number of aromatic nitrogens is 1. The fourth-order valence-electron chi connectivity index (χ4n) is 2.94. The molecule has 0 amide bonds. The molecule has 0 radical (unpaired) electrons. The van der Waals surface area contributed by atoms with Crippen LogP contribution in [0.5, 0.6) is 0 Å². The highest BCUT2D eigenvalue weighted by molar-refractivity contribution is 7.99. The Kier molecular flexibility index (Phi) is 7.49. The highest BCUT2D eigenvalue weighted by atomic mass is 32.2. The van der Waals surface area contributed by atoms with Crippen LogP contribution in [-0.2, 0) is 4.79 Å². The molecule has 0 aliphatic carbocycles. The molecule has 3 aromatic rings. The Labute approximate surface area is 184 Å². The van der Waals surface area contributed by atoms with E-state index >= 15 is 0 Å². The van der Waals surface area contributed by atoms with Crippen LogP contribution in [0.25, 0.3) is 17.0 Å². The molecule has 3 rings (SSSR count). The lowest BCUT2D eigenvalue weighted by Gasteiger charge is -2.13. The van der Waals surface area contributed by atoms with E-state index in [2.05, 4.69) is 4.98 Å². The van der Waals surface area contributed by atoms with Gasteiger partial charge >= 0.3 is 5.97 Å². The normalized spacial score (nSPS) is 13.6. The number of pyridine rings is 1. The van der Waals surface area contributed by atoms with E-state index in [1.807, 2.05) is 0 Å². The summed E-state index contributed by atoms with van der Waals surface area (Å²) >= 11 is 1.03. The molecule has 0 aliphatic heterocycles. The monoisotopic (exact) mass is 467 g/mol. The van der Waals surface area contributed by atoms with Crippen LogP contribution in [-0.4, -0.2) is 38.5 Å². The van der Waals surface area contributed by atoms with Crippen molar-refractivity contribution in [1.29, 1.82) is 0 Å². The number of fused-ring (bicyclic) bond motifs is 1. The van der Waals surface area contributed by atoms with Gasteiger partial charge in [-0.25, -0.2) is 17.6 Å². The lowest BCUT2D eigenvalue weighted by atomic mass is 10.1. The van der Waals surface area contributed by atoms with Crippen molar-refractivity contribution in [3.8, 4) is 0 Å². The summed E-state index contributed by atoms with van der Waals surface area (Å²) in [6.07, 6.45) is 0.559. The van der Waals surface area contributed by atoms with Crippen LogP contribution in [0.4, 0.5) is 17.6 Å². The molecule has 1 heterocycles. The van der Waals surface area contributed by atoms with Gasteiger partial charge in [-0.3, -0.25) is 9.78 Å². The smallest absolute Gasteiger partial charge is 0.305 e. The van der Waals surface area contributed by atoms with Gasteiger partial charge in [-0.15, -0.1) is 0 Å². The van der Waals surface area contributed by atoms with Crippen LogP contribution in [0.15, 0.2) is 52.4 Å². The van der Waals surface area contributed by atoms with E-state index in [9.17, 15) is 32.6 Å². The van der Waals surface area contributed by atoms with E-state index in [4.69, 9.17) is 5.11 Å². The number of aliphatic hydroxyl groups excluding tert-OH is 2. The molecule has 1 aromatic heterocycles. The summed E-state index contributed by atoms with van der Waals surface area (Å²) in [4.78, 5) is 15.3. The predicted molar refractivity (Wildman–Crippen MR) is 110 cm³/mol. The van der Waals surface area contributed by atoms with Gasteiger partial charge in [0.05, 0.1) is 18.6 Å². The van der Waals surface area contributed by atoms with Crippen LogP contribution in [0.2, 0.25) is 0 Å². The van der Waals surface area contributed by atoms with Gasteiger partial charge in [0.25, 0.3) is 0 Å². The van der Waals surface area contributed by atoms with Gasteiger partial charge in [0.1, 0.15) is 11.3 Å². The Hall–Kier alpha value is -2.95. The first kappa shape index (κ1) is 23.7. The maximum atomic E-state index is 14.3. The van der Waals surface area contributed by atoms with Crippen LogP contribution in [0.1, 0.15) is 18.4 Å². The molecule has 3 N–H and O–H groups in total. The molecular weight excluding hydrogens is 450 g/mol. The van der Waals surface area contributed by atoms with Gasteiger partial charge in [0.15, 0.2) is 17.5 Å². The molecule has 0 unspecified atom stereocenters. The second kappa shape index (κ2) is 10.1. The molecule has 0 bridgehead atoms. The number of halogens is 4. The summed E-state index contributed by atoms with van der Waals surface area (Å²) in [5.74, 6) is -6.21. The Morgan fingerprint density at radius 1 is 1.09 bits per heavy atom. The Bertz CT molecular complexity index is 1170. The van der Waals surface area contributed by atoms with Crippen LogP contribution in [0, 0.1) is 23.3 Å². The zero-order chi connectivity index (χ0) is 23.4. The van der Waals surface area contributed by atoms with E-state index in [1.165, 1.54) is 42.6 Å². The number of benzene rings is 2. The van der Waals surface area contributed by atoms with Gasteiger partial charge in [0, 0.05) is 33.4 Å². The third-order valence-electron chi connectivity index (χ3n) is 4.43. The van der Waals surface area contributed by atoms with E-state index < -0.39 is 53.4 Å². The maximum absolute atomic E-state index is 14.3. The number of hydrogen-bond acceptors (Lipinski definition) is 5. The predicted octanol–water partition coefficient (Wildman–Crippen LogP) is 4.54. The van der Waals surface area contributed by atoms with Gasteiger partial charge in [-0.2, -0.15) is 0 Å². The average molecular weight is 467 g/mol. The topological polar surface area (TPSA) is 90.7 Å². The van der Waals surface area contributed by atoms with Crippen molar-refractivity contribution < 1.29 is 37.7 Å². The summed E-state index contributed by atoms with van der Waals surface area (Å²) in [6, 6.07) is 6.11. The molecule has 0 fully saturated rings. The molecule has 2 aromatic carbocycles. The number of hydrogen-bond donors (Lipinski definition) is 3. The van der Waals surface area contributed by atoms with Crippen molar-refractivity contribution in [2.24, 2.45) is 0 Å². The zero-order valence-corrected chi connectivity index (χ0v) is 17.1. The quantitative estimate of drug-likeness (QED) is 0.333. The van der Waals surface area contributed by atoms with Crippen LogP contribution >= 0.6 is 11.8 Å². The van der Waals surface area contributed by atoms with Gasteiger partial charge in [-0.05, 0) is 30.3 Å². The van der Waals surface area contributed by atoms with E-state index in [0.29, 0.717) is 10.5 Å². The number of carboxylic acid groups (broad SMARTS) is 1. The van der Waals surface area contributed by atoms with Crippen LogP contribution < -0.4 is 0 Å². The summed E-state index contributed by atoms with van der Waals surface area (Å²) in [5, 5.41) is 28.4. The lowest BCUT2D eigenvalue weighted by molar-refractivity contribution is -0.139. The minimum atomic E-state index is -1.66. The molecule has 32 heavy (non-hydrogen) atoms. The molecular formula is C22H17F4NO4S. The number of aliphatic carboxylic acids is 1. The van der Waals surface area contributed by atoms with E-state index in [1.54, 1.807) is 0 Å². The van der Waals surface area contributed by atoms with Crippen molar-refractivity contribution >= 4 is 34.7 Å². The van der Waals surface area contributed by atoms with Crippen molar-refractivity contribution in [3.63, 3.8) is 0 Å².